The molecule has 208 valence electrons. The highest BCUT2D eigenvalue weighted by atomic mass is 32.2. The minimum atomic E-state index is -1.44. The van der Waals surface area contributed by atoms with Crippen molar-refractivity contribution in [1.29, 1.82) is 0 Å². The number of carbonyl (C=O) groups excluding carboxylic acids is 4. The van der Waals surface area contributed by atoms with Crippen molar-refractivity contribution in [3.63, 3.8) is 0 Å². The number of nitrogens with two attached hydrogens (primary N) is 1. The Morgan fingerprint density at radius 1 is 1.11 bits per heavy atom. The van der Waals surface area contributed by atoms with E-state index in [0.717, 1.165) is 4.90 Å². The normalized spacial score (nSPS) is 19.1. The minimum absolute atomic E-state index is 0.110. The van der Waals surface area contributed by atoms with Gasteiger partial charge in [0.15, 0.2) is 11.4 Å². The molecule has 5 N–H and O–H groups in total. The molecular weight excluding hydrogens is 518 g/mol. The third-order valence-electron chi connectivity index (χ3n) is 5.00. The van der Waals surface area contributed by atoms with Gasteiger partial charge in [-0.1, -0.05) is 5.16 Å². The fourth-order valence-electron chi connectivity index (χ4n) is 3.22. The van der Waals surface area contributed by atoms with Crippen LogP contribution in [-0.4, -0.2) is 71.6 Å². The molecule has 14 heteroatoms. The van der Waals surface area contributed by atoms with Gasteiger partial charge < -0.3 is 40.7 Å². The first-order valence-corrected chi connectivity index (χ1v) is 12.8. The van der Waals surface area contributed by atoms with E-state index < -0.39 is 46.8 Å². The number of ether oxygens (including phenoxy) is 3. The van der Waals surface area contributed by atoms with E-state index in [1.165, 1.54) is 11.8 Å². The van der Waals surface area contributed by atoms with Crippen molar-refractivity contribution in [2.24, 2.45) is 10.9 Å². The summed E-state index contributed by atoms with van der Waals surface area (Å²) in [7, 11) is 0. The van der Waals surface area contributed by atoms with Crippen molar-refractivity contribution in [3.05, 3.63) is 23.8 Å². The van der Waals surface area contributed by atoms with Gasteiger partial charge in [-0.05, 0) is 59.7 Å². The second-order valence-corrected chi connectivity index (χ2v) is 11.8. The van der Waals surface area contributed by atoms with Gasteiger partial charge in [0.25, 0.3) is 0 Å². The Labute approximate surface area is 224 Å². The molecule has 1 saturated heterocycles. The first kappa shape index (κ1) is 29.0. The predicted octanol–water partition coefficient (Wildman–Crippen LogP) is 2.08. The monoisotopic (exact) mass is 551 g/mol. The average molecular weight is 552 g/mol. The van der Waals surface area contributed by atoms with Crippen molar-refractivity contribution < 1.29 is 38.2 Å². The molecule has 38 heavy (non-hydrogen) atoms. The first-order valence-electron chi connectivity index (χ1n) is 11.8. The summed E-state index contributed by atoms with van der Waals surface area (Å²) in [5, 5.41) is 11.5. The largest absolute Gasteiger partial charge is 0.444 e. The third kappa shape index (κ3) is 7.74. The molecule has 1 aromatic carbocycles. The Balaban J connectivity index is 1.65. The summed E-state index contributed by atoms with van der Waals surface area (Å²) in [6.45, 7) is 10.0. The van der Waals surface area contributed by atoms with Gasteiger partial charge in [0.2, 0.25) is 5.91 Å². The number of carbonyl (C=O) groups is 4. The summed E-state index contributed by atoms with van der Waals surface area (Å²) in [5.41, 5.74) is 3.94. The lowest BCUT2D eigenvalue weighted by molar-refractivity contribution is -0.172. The SMILES string of the molecule is CC(C)(C)OC(=O)N[C@H]1CSc2ccc(/C(N)=N/OC(=O)C3(NC(=O)OC(C)(C)C)COC3)cc2NC1=O. The van der Waals surface area contributed by atoms with Gasteiger partial charge in [0.1, 0.15) is 17.2 Å². The summed E-state index contributed by atoms with van der Waals surface area (Å²) >= 11 is 1.36. The van der Waals surface area contributed by atoms with Gasteiger partial charge >= 0.3 is 18.2 Å². The molecule has 0 unspecified atom stereocenters. The first-order chi connectivity index (χ1) is 17.6. The van der Waals surface area contributed by atoms with Crippen LogP contribution in [0.3, 0.4) is 0 Å². The van der Waals surface area contributed by atoms with Crippen molar-refractivity contribution in [1.82, 2.24) is 10.6 Å². The van der Waals surface area contributed by atoms with Crippen molar-refractivity contribution in [3.8, 4) is 0 Å². The number of rotatable bonds is 5. The van der Waals surface area contributed by atoms with Crippen LogP contribution in [0.25, 0.3) is 0 Å². The molecule has 2 aliphatic heterocycles. The lowest BCUT2D eigenvalue weighted by Crippen LogP contribution is -2.67. The van der Waals surface area contributed by atoms with E-state index in [1.807, 2.05) is 0 Å². The zero-order chi connectivity index (χ0) is 28.3. The molecule has 1 aromatic rings. The molecule has 2 aliphatic rings. The summed E-state index contributed by atoms with van der Waals surface area (Å²) < 4.78 is 15.5. The van der Waals surface area contributed by atoms with Crippen LogP contribution in [0.4, 0.5) is 15.3 Å². The van der Waals surface area contributed by atoms with Crippen molar-refractivity contribution in [2.75, 3.05) is 24.3 Å². The van der Waals surface area contributed by atoms with Crippen LogP contribution in [-0.2, 0) is 28.6 Å². The lowest BCUT2D eigenvalue weighted by Gasteiger charge is -2.38. The van der Waals surface area contributed by atoms with E-state index in [2.05, 4.69) is 21.1 Å². The topological polar surface area (TPSA) is 180 Å². The van der Waals surface area contributed by atoms with E-state index in [4.69, 9.17) is 24.8 Å². The zero-order valence-corrected chi connectivity index (χ0v) is 22.9. The van der Waals surface area contributed by atoms with E-state index in [0.29, 0.717) is 11.3 Å². The highest BCUT2D eigenvalue weighted by molar-refractivity contribution is 7.99. The van der Waals surface area contributed by atoms with Crippen LogP contribution in [0.15, 0.2) is 28.3 Å². The van der Waals surface area contributed by atoms with Crippen LogP contribution in [0.5, 0.6) is 0 Å². The predicted molar refractivity (Wildman–Crippen MR) is 139 cm³/mol. The van der Waals surface area contributed by atoms with Gasteiger partial charge in [-0.15, -0.1) is 11.8 Å². The molecular formula is C24H33N5O8S. The maximum Gasteiger partial charge on any atom is 0.408 e. The molecule has 0 spiro atoms. The van der Waals surface area contributed by atoms with E-state index in [-0.39, 0.29) is 24.8 Å². The third-order valence-corrected chi connectivity index (χ3v) is 6.17. The quantitative estimate of drug-likeness (QED) is 0.183. The number of alkyl carbamates (subject to hydrolysis) is 2. The number of amidine groups is 1. The van der Waals surface area contributed by atoms with Crippen LogP contribution in [0, 0.1) is 0 Å². The number of nitrogens with zero attached hydrogens (tertiary/aromatic N) is 1. The number of oxime groups is 1. The fourth-order valence-corrected chi connectivity index (χ4v) is 4.23. The van der Waals surface area contributed by atoms with Gasteiger partial charge in [-0.2, -0.15) is 0 Å². The fraction of sp³-hybridized carbons (Fsp3) is 0.542. The van der Waals surface area contributed by atoms with E-state index in [1.54, 1.807) is 59.7 Å². The number of nitrogens with one attached hydrogen (secondary N) is 3. The zero-order valence-electron chi connectivity index (χ0n) is 22.1. The molecule has 0 aromatic heterocycles. The standard InChI is InChI=1S/C24H33N5O8S/c1-22(2,3)35-20(32)27-15-10-38-16-8-7-13(9-14(16)26-18(15)30)17(25)29-37-19(31)24(11-34-12-24)28-21(33)36-23(4,5)6/h7-9,15H,10-12H2,1-6H3,(H2,25,29)(H,26,30)(H,27,32)(H,28,33)/t15-/m0/s1. The number of hydrogen-bond donors (Lipinski definition) is 4. The Morgan fingerprint density at radius 2 is 1.74 bits per heavy atom. The van der Waals surface area contributed by atoms with Gasteiger partial charge in [0, 0.05) is 16.2 Å². The highest BCUT2D eigenvalue weighted by Gasteiger charge is 2.50. The van der Waals surface area contributed by atoms with Crippen LogP contribution >= 0.6 is 11.8 Å². The second kappa shape index (κ2) is 11.1. The minimum Gasteiger partial charge on any atom is -0.444 e. The average Bonchev–Trinajstić information content (AvgIpc) is 2.89. The van der Waals surface area contributed by atoms with Crippen LogP contribution < -0.4 is 21.7 Å². The highest BCUT2D eigenvalue weighted by Crippen LogP contribution is 2.32. The smallest absolute Gasteiger partial charge is 0.408 e. The van der Waals surface area contributed by atoms with Crippen molar-refractivity contribution >= 4 is 47.3 Å². The summed E-state index contributed by atoms with van der Waals surface area (Å²) in [6, 6.07) is 4.12. The number of anilines is 1. The Morgan fingerprint density at radius 3 is 2.32 bits per heavy atom. The molecule has 0 saturated carbocycles. The molecule has 0 aliphatic carbocycles. The number of benzene rings is 1. The Hall–Kier alpha value is -3.52. The van der Waals surface area contributed by atoms with Crippen LogP contribution in [0.1, 0.15) is 47.1 Å². The van der Waals surface area contributed by atoms with Gasteiger partial charge in [0.05, 0.1) is 18.9 Å². The lowest BCUT2D eigenvalue weighted by atomic mass is 9.98. The maximum absolute atomic E-state index is 12.7. The van der Waals surface area contributed by atoms with E-state index in [9.17, 15) is 19.2 Å². The summed E-state index contributed by atoms with van der Waals surface area (Å²) in [4.78, 5) is 55.4. The summed E-state index contributed by atoms with van der Waals surface area (Å²) in [6.07, 6.45) is -1.49. The molecule has 2 heterocycles. The number of thioether (sulfide) groups is 1. The number of fused-ring (bicyclic) bond motifs is 1. The van der Waals surface area contributed by atoms with E-state index >= 15 is 0 Å². The number of amides is 3. The molecule has 1 fully saturated rings. The molecule has 1 atom stereocenters. The maximum atomic E-state index is 12.7. The van der Waals surface area contributed by atoms with Crippen LogP contribution in [0.2, 0.25) is 0 Å². The Bertz CT molecular complexity index is 1140. The summed E-state index contributed by atoms with van der Waals surface area (Å²) in [5.74, 6) is -1.15. The number of hydrogen-bond acceptors (Lipinski definition) is 10. The molecule has 13 nitrogen and oxygen atoms in total. The van der Waals surface area contributed by atoms with Gasteiger partial charge in [-0.25, -0.2) is 14.4 Å². The molecule has 3 amide bonds. The molecule has 0 bridgehead atoms. The second-order valence-electron chi connectivity index (χ2n) is 10.8. The Kier molecular flexibility index (Phi) is 8.46. The molecule has 0 radical (unpaired) electrons. The molecule has 3 rings (SSSR count). The van der Waals surface area contributed by atoms with Gasteiger partial charge in [-0.3, -0.25) is 4.79 Å². The van der Waals surface area contributed by atoms with Crippen molar-refractivity contribution in [2.45, 2.75) is 69.2 Å².